The molecule has 0 heterocycles. The van der Waals surface area contributed by atoms with Crippen LogP contribution in [0, 0.1) is 0 Å². The molecule has 0 aliphatic rings. The molecule has 0 aliphatic carbocycles. The Bertz CT molecular complexity index is 540. The van der Waals surface area contributed by atoms with Gasteiger partial charge in [0.15, 0.2) is 0 Å². The Morgan fingerprint density at radius 1 is 1.06 bits per heavy atom. The molecule has 0 saturated carbocycles. The molecule has 0 aliphatic heterocycles. The molecule has 4 heteroatoms. The second kappa shape index (κ2) is 5.21. The van der Waals surface area contributed by atoms with E-state index in [4.69, 9.17) is 12.2 Å². The van der Waals surface area contributed by atoms with E-state index in [0.29, 0.717) is 4.32 Å². The average molecular weight is 261 g/mol. The molecule has 86 valence electrons. The summed E-state index contributed by atoms with van der Waals surface area (Å²) in [4.78, 5) is 0. The molecule has 0 atom stereocenters. The van der Waals surface area contributed by atoms with Gasteiger partial charge >= 0.3 is 0 Å². The third-order valence-electron chi connectivity index (χ3n) is 2.35. The topological polar surface area (TPSA) is 32.3 Å². The van der Waals surface area contributed by atoms with Gasteiger partial charge in [0.05, 0.1) is 5.69 Å². The van der Waals surface area contributed by atoms with E-state index in [1.807, 2.05) is 36.4 Å². The van der Waals surface area contributed by atoms with Crippen molar-refractivity contribution >= 4 is 34.9 Å². The van der Waals surface area contributed by atoms with Gasteiger partial charge in [-0.3, -0.25) is 0 Å². The minimum absolute atomic E-state index is 0.214. The number of phenolic OH excluding ortho intramolecular Hbond substituents is 1. The number of anilines is 1. The number of hydrogen-bond acceptors (Lipinski definition) is 2. The van der Waals surface area contributed by atoms with Gasteiger partial charge < -0.3 is 10.4 Å². The van der Waals surface area contributed by atoms with Crippen molar-refractivity contribution in [2.75, 3.05) is 5.32 Å². The maximum absolute atomic E-state index is 9.95. The van der Waals surface area contributed by atoms with Crippen molar-refractivity contribution in [1.29, 1.82) is 0 Å². The Balaban J connectivity index is 2.55. The number of benzene rings is 2. The highest BCUT2D eigenvalue weighted by Gasteiger charge is 2.09. The summed E-state index contributed by atoms with van der Waals surface area (Å²) in [6.45, 7) is 0. The first kappa shape index (κ1) is 12.0. The fraction of sp³-hybridized carbons (Fsp3) is 0. The monoisotopic (exact) mass is 261 g/mol. The predicted molar refractivity (Wildman–Crippen MR) is 78.7 cm³/mol. The summed E-state index contributed by atoms with van der Waals surface area (Å²) >= 11 is 8.94. The lowest BCUT2D eigenvalue weighted by Crippen LogP contribution is -2.02. The first-order chi connectivity index (χ1) is 8.18. The molecule has 2 rings (SSSR count). The number of aromatic hydroxyl groups is 1. The minimum atomic E-state index is 0.214. The molecule has 0 spiro atoms. The number of phenols is 1. The van der Waals surface area contributed by atoms with Crippen LogP contribution in [0.5, 0.6) is 5.75 Å². The van der Waals surface area contributed by atoms with Crippen molar-refractivity contribution in [3.63, 3.8) is 0 Å². The summed E-state index contributed by atoms with van der Waals surface area (Å²) in [7, 11) is 0. The van der Waals surface area contributed by atoms with Gasteiger partial charge in [-0.1, -0.05) is 48.6 Å². The lowest BCUT2D eigenvalue weighted by atomic mass is 10.0. The molecule has 2 aromatic rings. The molecule has 2 N–H and O–H groups in total. The van der Waals surface area contributed by atoms with E-state index in [1.165, 1.54) is 0 Å². The zero-order chi connectivity index (χ0) is 12.3. The van der Waals surface area contributed by atoms with Gasteiger partial charge in [-0.2, -0.15) is 0 Å². The standard InChI is InChI=1S/C13H11NOS2/c15-11-8-4-7-10(14-13(16)17)12(11)9-5-2-1-3-6-9/h1-8,15H,(H2,14,16,17). The van der Waals surface area contributed by atoms with Crippen molar-refractivity contribution < 1.29 is 5.11 Å². The summed E-state index contributed by atoms with van der Waals surface area (Å²) in [5, 5.41) is 12.9. The number of thiocarbonyl (C=S) groups is 1. The minimum Gasteiger partial charge on any atom is -0.507 e. The van der Waals surface area contributed by atoms with Gasteiger partial charge in [0.1, 0.15) is 10.1 Å². The smallest absolute Gasteiger partial charge is 0.135 e. The molecule has 17 heavy (non-hydrogen) atoms. The maximum atomic E-state index is 9.95. The van der Waals surface area contributed by atoms with E-state index in [0.717, 1.165) is 16.8 Å². The number of rotatable bonds is 2. The van der Waals surface area contributed by atoms with Crippen LogP contribution in [0.1, 0.15) is 0 Å². The predicted octanol–water partition coefficient (Wildman–Crippen LogP) is 3.69. The van der Waals surface area contributed by atoms with Crippen molar-refractivity contribution in [2.45, 2.75) is 0 Å². The van der Waals surface area contributed by atoms with Crippen LogP contribution in [0.3, 0.4) is 0 Å². The largest absolute Gasteiger partial charge is 0.507 e. The molecule has 0 amide bonds. The normalized spacial score (nSPS) is 9.94. The lowest BCUT2D eigenvalue weighted by molar-refractivity contribution is 0.477. The van der Waals surface area contributed by atoms with Crippen molar-refractivity contribution in [3.05, 3.63) is 48.5 Å². The van der Waals surface area contributed by atoms with Gasteiger partial charge in [-0.05, 0) is 17.7 Å². The number of nitrogens with one attached hydrogen (secondary N) is 1. The van der Waals surface area contributed by atoms with E-state index in [9.17, 15) is 5.11 Å². The third-order valence-corrected chi connectivity index (χ3v) is 2.56. The zero-order valence-electron chi connectivity index (χ0n) is 8.92. The molecule has 0 fully saturated rings. The highest BCUT2D eigenvalue weighted by atomic mass is 32.1. The molecule has 2 nitrogen and oxygen atoms in total. The molecule has 0 aromatic heterocycles. The van der Waals surface area contributed by atoms with Crippen LogP contribution in [0.2, 0.25) is 0 Å². The van der Waals surface area contributed by atoms with Crippen molar-refractivity contribution in [1.82, 2.24) is 0 Å². The van der Waals surface area contributed by atoms with Gasteiger partial charge in [0.25, 0.3) is 0 Å². The summed E-state index contributed by atoms with van der Waals surface area (Å²) in [6.07, 6.45) is 0. The summed E-state index contributed by atoms with van der Waals surface area (Å²) in [6, 6.07) is 14.9. The fourth-order valence-corrected chi connectivity index (χ4v) is 1.90. The van der Waals surface area contributed by atoms with Gasteiger partial charge in [-0.25, -0.2) is 0 Å². The van der Waals surface area contributed by atoms with Crippen LogP contribution in [0.25, 0.3) is 11.1 Å². The molecule has 0 unspecified atom stereocenters. The van der Waals surface area contributed by atoms with E-state index in [-0.39, 0.29) is 5.75 Å². The Hall–Kier alpha value is -1.52. The van der Waals surface area contributed by atoms with E-state index >= 15 is 0 Å². The van der Waals surface area contributed by atoms with Crippen LogP contribution in [0.4, 0.5) is 5.69 Å². The van der Waals surface area contributed by atoms with Crippen LogP contribution in [-0.4, -0.2) is 9.43 Å². The first-order valence-electron chi connectivity index (χ1n) is 5.06. The molecule has 0 saturated heterocycles. The zero-order valence-corrected chi connectivity index (χ0v) is 10.6. The summed E-state index contributed by atoms with van der Waals surface area (Å²) in [5.41, 5.74) is 2.40. The third kappa shape index (κ3) is 2.78. The first-order valence-corrected chi connectivity index (χ1v) is 5.91. The van der Waals surface area contributed by atoms with E-state index in [1.54, 1.807) is 12.1 Å². The molecular formula is C13H11NOS2. The van der Waals surface area contributed by atoms with Gasteiger partial charge in [0.2, 0.25) is 0 Å². The number of thiol groups is 1. The lowest BCUT2D eigenvalue weighted by Gasteiger charge is -2.12. The highest BCUT2D eigenvalue weighted by molar-refractivity contribution is 8.11. The highest BCUT2D eigenvalue weighted by Crippen LogP contribution is 2.35. The van der Waals surface area contributed by atoms with E-state index < -0.39 is 0 Å². The van der Waals surface area contributed by atoms with Gasteiger partial charge in [-0.15, -0.1) is 12.6 Å². The van der Waals surface area contributed by atoms with Crippen LogP contribution in [0.15, 0.2) is 48.5 Å². The molecule has 0 bridgehead atoms. The van der Waals surface area contributed by atoms with Gasteiger partial charge in [0, 0.05) is 5.56 Å². The Labute approximate surface area is 111 Å². The van der Waals surface area contributed by atoms with Crippen LogP contribution in [-0.2, 0) is 0 Å². The SMILES string of the molecule is Oc1cccc(NC(=S)S)c1-c1ccccc1. The molecular weight excluding hydrogens is 250 g/mol. The van der Waals surface area contributed by atoms with E-state index in [2.05, 4.69) is 17.9 Å². The number of hydrogen-bond donors (Lipinski definition) is 3. The summed E-state index contributed by atoms with van der Waals surface area (Å²) < 4.78 is 0.368. The average Bonchev–Trinajstić information content (AvgIpc) is 2.29. The van der Waals surface area contributed by atoms with Crippen molar-refractivity contribution in [2.24, 2.45) is 0 Å². The summed E-state index contributed by atoms with van der Waals surface area (Å²) in [5.74, 6) is 0.214. The van der Waals surface area contributed by atoms with Crippen LogP contribution < -0.4 is 5.32 Å². The molecule has 2 aromatic carbocycles. The quantitative estimate of drug-likeness (QED) is 0.569. The maximum Gasteiger partial charge on any atom is 0.135 e. The fourth-order valence-electron chi connectivity index (χ4n) is 1.67. The second-order valence-electron chi connectivity index (χ2n) is 3.50. The Kier molecular flexibility index (Phi) is 3.66. The second-order valence-corrected chi connectivity index (χ2v) is 4.65. The Morgan fingerprint density at radius 2 is 1.76 bits per heavy atom. The van der Waals surface area contributed by atoms with Crippen LogP contribution >= 0.6 is 24.8 Å². The molecule has 0 radical (unpaired) electrons. The van der Waals surface area contributed by atoms with Crippen molar-refractivity contribution in [3.8, 4) is 16.9 Å². The Morgan fingerprint density at radius 3 is 2.41 bits per heavy atom.